The predicted octanol–water partition coefficient (Wildman–Crippen LogP) is 2.52. The molecule has 0 aliphatic carbocycles. The quantitative estimate of drug-likeness (QED) is 0.759. The Kier molecular flexibility index (Phi) is 6.08. The molecule has 0 fully saturated rings. The first-order chi connectivity index (χ1) is 8.11. The maximum Gasteiger partial charge on any atom is 0.132 e. The highest BCUT2D eigenvalue weighted by Crippen LogP contribution is 2.23. The summed E-state index contributed by atoms with van der Waals surface area (Å²) < 4.78 is 5.13. The summed E-state index contributed by atoms with van der Waals surface area (Å²) in [6, 6.07) is 7.80. The second kappa shape index (κ2) is 7.35. The fraction of sp³-hybridized carbons (Fsp3) is 0.462. The number of benzene rings is 1. The number of methoxy groups -OCH3 is 1. The lowest BCUT2D eigenvalue weighted by molar-refractivity contribution is -0.118. The zero-order chi connectivity index (χ0) is 12.7. The molecule has 0 aliphatic rings. The van der Waals surface area contributed by atoms with Crippen LogP contribution in [0, 0.1) is 0 Å². The highest BCUT2D eigenvalue weighted by atomic mass is 32.2. The average molecular weight is 254 g/mol. The number of hydrogen-bond acceptors (Lipinski definition) is 4. The van der Waals surface area contributed by atoms with Crippen molar-refractivity contribution in [1.29, 1.82) is 0 Å². The normalized spacial score (nSPS) is 12.2. The van der Waals surface area contributed by atoms with Crippen LogP contribution in [0.4, 0.5) is 0 Å². The third-order valence-corrected chi connectivity index (χ3v) is 3.31. The minimum absolute atomic E-state index is 0.0314. The van der Waals surface area contributed by atoms with Gasteiger partial charge in [-0.1, -0.05) is 6.07 Å². The van der Waals surface area contributed by atoms with Crippen molar-refractivity contribution in [1.82, 2.24) is 0 Å². The Morgan fingerprint density at radius 2 is 2.29 bits per heavy atom. The van der Waals surface area contributed by atoms with Crippen LogP contribution in [0.5, 0.6) is 5.75 Å². The van der Waals surface area contributed by atoms with Crippen LogP contribution in [0.1, 0.15) is 19.8 Å². The van der Waals surface area contributed by atoms with Gasteiger partial charge in [0, 0.05) is 17.1 Å². The zero-order valence-electron chi connectivity index (χ0n) is 10.2. The van der Waals surface area contributed by atoms with E-state index in [1.165, 1.54) is 6.92 Å². The van der Waals surface area contributed by atoms with Gasteiger partial charge in [0.1, 0.15) is 11.5 Å². The van der Waals surface area contributed by atoms with Crippen molar-refractivity contribution < 1.29 is 14.6 Å². The van der Waals surface area contributed by atoms with Crippen molar-refractivity contribution in [3.63, 3.8) is 0 Å². The molecule has 1 aromatic rings. The summed E-state index contributed by atoms with van der Waals surface area (Å²) in [4.78, 5) is 11.9. The van der Waals surface area contributed by atoms with Gasteiger partial charge in [-0.25, -0.2) is 0 Å². The number of ether oxygens (including phenoxy) is 1. The second-order valence-corrected chi connectivity index (χ2v) is 5.04. The number of thioether (sulfide) groups is 1. The molecular formula is C13H18O3S. The molecule has 1 atom stereocenters. The zero-order valence-corrected chi connectivity index (χ0v) is 11.0. The van der Waals surface area contributed by atoms with E-state index in [9.17, 15) is 9.90 Å². The summed E-state index contributed by atoms with van der Waals surface area (Å²) in [7, 11) is 1.64. The fourth-order valence-electron chi connectivity index (χ4n) is 1.44. The van der Waals surface area contributed by atoms with Crippen molar-refractivity contribution in [2.24, 2.45) is 0 Å². The highest BCUT2D eigenvalue weighted by molar-refractivity contribution is 7.99. The maximum absolute atomic E-state index is 10.8. The molecule has 1 rings (SSSR count). The summed E-state index contributed by atoms with van der Waals surface area (Å²) in [6.07, 6.45) is 0.353. The summed E-state index contributed by atoms with van der Waals surface area (Å²) in [5.41, 5.74) is 0. The molecule has 4 heteroatoms. The molecular weight excluding hydrogens is 236 g/mol. The first-order valence-electron chi connectivity index (χ1n) is 5.56. The number of ketones is 1. The molecule has 0 aliphatic heterocycles. The molecule has 1 aromatic carbocycles. The molecule has 17 heavy (non-hydrogen) atoms. The molecule has 0 heterocycles. The van der Waals surface area contributed by atoms with Gasteiger partial charge >= 0.3 is 0 Å². The van der Waals surface area contributed by atoms with Crippen molar-refractivity contribution in [2.45, 2.75) is 30.8 Å². The lowest BCUT2D eigenvalue weighted by Crippen LogP contribution is -2.11. The van der Waals surface area contributed by atoms with Gasteiger partial charge in [-0.2, -0.15) is 0 Å². The van der Waals surface area contributed by atoms with E-state index in [4.69, 9.17) is 4.74 Å². The molecule has 0 bridgehead atoms. The van der Waals surface area contributed by atoms with Crippen LogP contribution in [-0.4, -0.2) is 29.9 Å². The second-order valence-electron chi connectivity index (χ2n) is 3.88. The van der Waals surface area contributed by atoms with Gasteiger partial charge < -0.3 is 9.84 Å². The topological polar surface area (TPSA) is 46.5 Å². The molecule has 94 valence electrons. The van der Waals surface area contributed by atoms with Crippen LogP contribution in [0.3, 0.4) is 0 Å². The fourth-order valence-corrected chi connectivity index (χ4v) is 2.44. The van der Waals surface area contributed by atoms with E-state index in [-0.39, 0.29) is 12.2 Å². The third kappa shape index (κ3) is 5.75. The van der Waals surface area contributed by atoms with E-state index in [2.05, 4.69) is 0 Å². The first kappa shape index (κ1) is 14.1. The van der Waals surface area contributed by atoms with Gasteiger partial charge in [-0.3, -0.25) is 4.79 Å². The Morgan fingerprint density at radius 3 is 2.94 bits per heavy atom. The van der Waals surface area contributed by atoms with E-state index in [1.807, 2.05) is 24.3 Å². The van der Waals surface area contributed by atoms with Gasteiger partial charge in [0.25, 0.3) is 0 Å². The Labute approximate surface area is 106 Å². The largest absolute Gasteiger partial charge is 0.497 e. The standard InChI is InChI=1S/C13H18O3S/c1-10(14)8-11(15)6-7-17-13-5-3-4-12(9-13)16-2/h3-5,9,11,15H,6-8H2,1-2H3. The van der Waals surface area contributed by atoms with Gasteiger partial charge in [0.2, 0.25) is 0 Å². The summed E-state index contributed by atoms with van der Waals surface area (Å²) in [5.74, 6) is 1.66. The molecule has 3 nitrogen and oxygen atoms in total. The third-order valence-electron chi connectivity index (χ3n) is 2.28. The monoisotopic (exact) mass is 254 g/mol. The summed E-state index contributed by atoms with van der Waals surface area (Å²) >= 11 is 1.65. The van der Waals surface area contributed by atoms with E-state index in [0.29, 0.717) is 6.42 Å². The minimum Gasteiger partial charge on any atom is -0.497 e. The number of rotatable bonds is 7. The molecule has 0 saturated heterocycles. The number of aliphatic hydroxyl groups excluding tert-OH is 1. The Balaban J connectivity index is 2.32. The lowest BCUT2D eigenvalue weighted by Gasteiger charge is -2.08. The molecule has 0 radical (unpaired) electrons. The molecule has 0 amide bonds. The van der Waals surface area contributed by atoms with E-state index in [1.54, 1.807) is 18.9 Å². The van der Waals surface area contributed by atoms with Gasteiger partial charge in [0.05, 0.1) is 13.2 Å². The molecule has 1 unspecified atom stereocenters. The maximum atomic E-state index is 10.8. The smallest absolute Gasteiger partial charge is 0.132 e. The predicted molar refractivity (Wildman–Crippen MR) is 69.6 cm³/mol. The Hall–Kier alpha value is -1.00. The summed E-state index contributed by atoms with van der Waals surface area (Å²) in [5, 5.41) is 9.54. The number of Topliss-reactive ketones (excluding diaryl/α,β-unsaturated/α-hetero) is 1. The van der Waals surface area contributed by atoms with Crippen LogP contribution in [0.15, 0.2) is 29.2 Å². The SMILES string of the molecule is COc1cccc(SCCC(O)CC(C)=O)c1. The number of hydrogen-bond donors (Lipinski definition) is 1. The van der Waals surface area contributed by atoms with Crippen LogP contribution >= 0.6 is 11.8 Å². The number of carbonyl (C=O) groups excluding carboxylic acids is 1. The van der Waals surface area contributed by atoms with Crippen molar-refractivity contribution in [3.05, 3.63) is 24.3 Å². The number of carbonyl (C=O) groups is 1. The summed E-state index contributed by atoms with van der Waals surface area (Å²) in [6.45, 7) is 1.50. The van der Waals surface area contributed by atoms with E-state index < -0.39 is 6.10 Å². The minimum atomic E-state index is -0.523. The Morgan fingerprint density at radius 1 is 1.53 bits per heavy atom. The first-order valence-corrected chi connectivity index (χ1v) is 6.54. The molecule has 0 spiro atoms. The van der Waals surface area contributed by atoms with Crippen LogP contribution in [-0.2, 0) is 4.79 Å². The van der Waals surface area contributed by atoms with Crippen LogP contribution in [0.25, 0.3) is 0 Å². The van der Waals surface area contributed by atoms with Crippen molar-refractivity contribution in [3.8, 4) is 5.75 Å². The van der Waals surface area contributed by atoms with Crippen LogP contribution in [0.2, 0.25) is 0 Å². The number of aliphatic hydroxyl groups is 1. The van der Waals surface area contributed by atoms with Gasteiger partial charge in [-0.15, -0.1) is 11.8 Å². The van der Waals surface area contributed by atoms with E-state index in [0.717, 1.165) is 16.4 Å². The van der Waals surface area contributed by atoms with Crippen LogP contribution < -0.4 is 4.74 Å². The highest BCUT2D eigenvalue weighted by Gasteiger charge is 2.07. The average Bonchev–Trinajstić information content (AvgIpc) is 2.28. The lowest BCUT2D eigenvalue weighted by atomic mass is 10.1. The van der Waals surface area contributed by atoms with Gasteiger partial charge in [0.15, 0.2) is 0 Å². The molecule has 0 saturated carbocycles. The van der Waals surface area contributed by atoms with Crippen molar-refractivity contribution in [2.75, 3.05) is 12.9 Å². The molecule has 1 N–H and O–H groups in total. The van der Waals surface area contributed by atoms with E-state index >= 15 is 0 Å². The molecule has 0 aromatic heterocycles. The Bertz CT molecular complexity index is 365. The van der Waals surface area contributed by atoms with Gasteiger partial charge in [-0.05, 0) is 31.5 Å². The van der Waals surface area contributed by atoms with Crippen molar-refractivity contribution >= 4 is 17.5 Å².